The van der Waals surface area contributed by atoms with Gasteiger partial charge in [-0.15, -0.1) is 0 Å². The molecule has 0 unspecified atom stereocenters. The molecule has 1 aromatic rings. The maximum Gasteiger partial charge on any atom is 0.405 e. The van der Waals surface area contributed by atoms with Gasteiger partial charge < -0.3 is 10.6 Å². The van der Waals surface area contributed by atoms with E-state index in [1.165, 1.54) is 17.0 Å². The molecular formula is C11H11Cl2F3N2. The van der Waals surface area contributed by atoms with Gasteiger partial charge in [-0.05, 0) is 25.0 Å². The molecule has 0 aliphatic heterocycles. The highest BCUT2D eigenvalue weighted by molar-refractivity contribution is 6.39. The number of hydrogen-bond acceptors (Lipinski definition) is 2. The zero-order valence-corrected chi connectivity index (χ0v) is 10.8. The van der Waals surface area contributed by atoms with Crippen LogP contribution in [0.2, 0.25) is 10.0 Å². The zero-order valence-electron chi connectivity index (χ0n) is 9.27. The summed E-state index contributed by atoms with van der Waals surface area (Å²) < 4.78 is 37.7. The lowest BCUT2D eigenvalue weighted by Crippen LogP contribution is -2.36. The van der Waals surface area contributed by atoms with Crippen molar-refractivity contribution in [2.75, 3.05) is 17.2 Å². The summed E-state index contributed by atoms with van der Waals surface area (Å²) in [6, 6.07) is 2.67. The lowest BCUT2D eigenvalue weighted by Gasteiger charge is -2.27. The highest BCUT2D eigenvalue weighted by Gasteiger charge is 2.39. The van der Waals surface area contributed by atoms with Gasteiger partial charge in [-0.1, -0.05) is 23.2 Å². The molecule has 1 aliphatic carbocycles. The van der Waals surface area contributed by atoms with E-state index in [-0.39, 0.29) is 21.8 Å². The fraction of sp³-hybridized carbons (Fsp3) is 0.455. The van der Waals surface area contributed by atoms with Crippen molar-refractivity contribution in [1.29, 1.82) is 0 Å². The lowest BCUT2D eigenvalue weighted by atomic mass is 10.2. The Morgan fingerprint density at radius 1 is 1.22 bits per heavy atom. The van der Waals surface area contributed by atoms with Crippen LogP contribution in [0.5, 0.6) is 0 Å². The number of nitrogen functional groups attached to an aromatic ring is 1. The Labute approximate surface area is 112 Å². The van der Waals surface area contributed by atoms with Gasteiger partial charge in [-0.25, -0.2) is 0 Å². The molecule has 0 aromatic heterocycles. The fourth-order valence-corrected chi connectivity index (χ4v) is 2.55. The molecule has 2 rings (SSSR count). The second kappa shape index (κ2) is 4.70. The van der Waals surface area contributed by atoms with E-state index in [2.05, 4.69) is 0 Å². The van der Waals surface area contributed by atoms with E-state index >= 15 is 0 Å². The molecule has 1 aromatic carbocycles. The molecule has 0 radical (unpaired) electrons. The van der Waals surface area contributed by atoms with Crippen molar-refractivity contribution in [1.82, 2.24) is 0 Å². The molecule has 2 N–H and O–H groups in total. The first-order valence-electron chi connectivity index (χ1n) is 5.36. The third-order valence-corrected chi connectivity index (χ3v) is 3.24. The highest BCUT2D eigenvalue weighted by Crippen LogP contribution is 2.42. The van der Waals surface area contributed by atoms with Gasteiger partial charge in [0.05, 0.1) is 15.7 Å². The molecule has 0 amide bonds. The zero-order chi connectivity index (χ0) is 13.5. The molecule has 1 aliphatic rings. The van der Waals surface area contributed by atoms with Crippen molar-refractivity contribution < 1.29 is 13.2 Å². The van der Waals surface area contributed by atoms with Crippen molar-refractivity contribution in [2.45, 2.75) is 25.1 Å². The van der Waals surface area contributed by atoms with Gasteiger partial charge in [-0.2, -0.15) is 13.2 Å². The van der Waals surface area contributed by atoms with Gasteiger partial charge in [0.1, 0.15) is 6.54 Å². The Kier molecular flexibility index (Phi) is 3.56. The normalized spacial score (nSPS) is 15.8. The molecule has 2 nitrogen and oxygen atoms in total. The average Bonchev–Trinajstić information content (AvgIpc) is 2.94. The minimum Gasteiger partial charge on any atom is -0.399 e. The number of halogens is 5. The SMILES string of the molecule is Nc1cc(Cl)c(N(CC(F)(F)F)C2CC2)c(Cl)c1. The predicted octanol–water partition coefficient (Wildman–Crippen LogP) is 4.11. The molecule has 18 heavy (non-hydrogen) atoms. The smallest absolute Gasteiger partial charge is 0.399 e. The molecule has 0 atom stereocenters. The van der Waals surface area contributed by atoms with E-state index in [4.69, 9.17) is 28.9 Å². The second-order valence-electron chi connectivity index (χ2n) is 4.31. The van der Waals surface area contributed by atoms with Crippen molar-refractivity contribution in [3.8, 4) is 0 Å². The summed E-state index contributed by atoms with van der Waals surface area (Å²) in [5.74, 6) is 0. The number of nitrogens with zero attached hydrogens (tertiary/aromatic N) is 1. The van der Waals surface area contributed by atoms with Crippen LogP contribution in [-0.4, -0.2) is 18.8 Å². The van der Waals surface area contributed by atoms with Crippen LogP contribution in [0, 0.1) is 0 Å². The van der Waals surface area contributed by atoms with E-state index in [9.17, 15) is 13.2 Å². The molecule has 100 valence electrons. The minimum absolute atomic E-state index is 0.148. The Bertz CT molecular complexity index is 435. The Hall–Kier alpha value is -0.810. The summed E-state index contributed by atoms with van der Waals surface area (Å²) in [7, 11) is 0. The standard InChI is InChI=1S/C11H11Cl2F3N2/c12-8-3-6(17)4-9(13)10(8)18(7-1-2-7)5-11(14,15)16/h3-4,7H,1-2,5,17H2. The van der Waals surface area contributed by atoms with Crippen LogP contribution in [-0.2, 0) is 0 Å². The highest BCUT2D eigenvalue weighted by atomic mass is 35.5. The monoisotopic (exact) mass is 298 g/mol. The van der Waals surface area contributed by atoms with Gasteiger partial charge in [0, 0.05) is 11.7 Å². The predicted molar refractivity (Wildman–Crippen MR) is 67.3 cm³/mol. The van der Waals surface area contributed by atoms with Crippen LogP contribution in [0.4, 0.5) is 24.5 Å². The number of rotatable bonds is 3. The molecule has 0 spiro atoms. The van der Waals surface area contributed by atoms with Crippen LogP contribution in [0.25, 0.3) is 0 Å². The van der Waals surface area contributed by atoms with Crippen LogP contribution in [0.15, 0.2) is 12.1 Å². The molecule has 0 saturated heterocycles. The summed E-state index contributed by atoms with van der Waals surface area (Å²) in [5, 5.41) is 0.298. The average molecular weight is 299 g/mol. The van der Waals surface area contributed by atoms with E-state index < -0.39 is 12.7 Å². The number of alkyl halides is 3. The Morgan fingerprint density at radius 2 is 1.72 bits per heavy atom. The van der Waals surface area contributed by atoms with Gasteiger partial charge in [-0.3, -0.25) is 0 Å². The van der Waals surface area contributed by atoms with Crippen LogP contribution in [0.1, 0.15) is 12.8 Å². The summed E-state index contributed by atoms with van der Waals surface area (Å²) in [5.41, 5.74) is 6.08. The molecule has 1 fully saturated rings. The number of anilines is 2. The molecule has 0 heterocycles. The Morgan fingerprint density at radius 3 is 2.11 bits per heavy atom. The minimum atomic E-state index is -4.30. The van der Waals surface area contributed by atoms with E-state index in [0.29, 0.717) is 18.5 Å². The largest absolute Gasteiger partial charge is 0.405 e. The lowest BCUT2D eigenvalue weighted by molar-refractivity contribution is -0.119. The molecule has 1 saturated carbocycles. The summed E-state index contributed by atoms with van der Waals surface area (Å²) >= 11 is 11.9. The Balaban J connectivity index is 2.37. The summed E-state index contributed by atoms with van der Waals surface area (Å²) in [4.78, 5) is 1.21. The first-order chi connectivity index (χ1) is 8.28. The van der Waals surface area contributed by atoms with Crippen molar-refractivity contribution in [3.63, 3.8) is 0 Å². The van der Waals surface area contributed by atoms with Crippen molar-refractivity contribution in [2.24, 2.45) is 0 Å². The van der Waals surface area contributed by atoms with Gasteiger partial charge in [0.25, 0.3) is 0 Å². The van der Waals surface area contributed by atoms with E-state index in [1.54, 1.807) is 0 Å². The van der Waals surface area contributed by atoms with Crippen molar-refractivity contribution >= 4 is 34.6 Å². The number of hydrogen-bond donors (Lipinski definition) is 1. The van der Waals surface area contributed by atoms with Crippen LogP contribution < -0.4 is 10.6 Å². The van der Waals surface area contributed by atoms with Gasteiger partial charge in [0.2, 0.25) is 0 Å². The second-order valence-corrected chi connectivity index (χ2v) is 5.12. The summed E-state index contributed by atoms with van der Waals surface area (Å²) in [6.07, 6.45) is -2.86. The van der Waals surface area contributed by atoms with Gasteiger partial charge >= 0.3 is 6.18 Å². The van der Waals surface area contributed by atoms with Gasteiger partial charge in [0.15, 0.2) is 0 Å². The molecular weight excluding hydrogens is 288 g/mol. The van der Waals surface area contributed by atoms with Crippen molar-refractivity contribution in [3.05, 3.63) is 22.2 Å². The fourth-order valence-electron chi connectivity index (χ4n) is 1.83. The maximum absolute atomic E-state index is 12.6. The van der Waals surface area contributed by atoms with Crippen LogP contribution in [0.3, 0.4) is 0 Å². The van der Waals surface area contributed by atoms with E-state index in [1.807, 2.05) is 0 Å². The topological polar surface area (TPSA) is 29.3 Å². The quantitative estimate of drug-likeness (QED) is 0.851. The first kappa shape index (κ1) is 13.6. The molecule has 7 heteroatoms. The molecule has 0 bridgehead atoms. The summed E-state index contributed by atoms with van der Waals surface area (Å²) in [6.45, 7) is -1.05. The third-order valence-electron chi connectivity index (χ3n) is 2.66. The number of nitrogens with two attached hydrogens (primary N) is 1. The number of benzene rings is 1. The van der Waals surface area contributed by atoms with E-state index in [0.717, 1.165) is 0 Å². The van der Waals surface area contributed by atoms with Crippen LogP contribution >= 0.6 is 23.2 Å². The maximum atomic E-state index is 12.6. The third kappa shape index (κ3) is 3.14. The first-order valence-corrected chi connectivity index (χ1v) is 6.11.